The zero-order valence-electron chi connectivity index (χ0n) is 24.5. The molecule has 1 aromatic heterocycles. The van der Waals surface area contributed by atoms with Crippen LogP contribution in [0.2, 0.25) is 0 Å². The molecule has 0 radical (unpaired) electrons. The second-order valence-electron chi connectivity index (χ2n) is 13.1. The van der Waals surface area contributed by atoms with Crippen molar-refractivity contribution in [3.8, 4) is 0 Å². The third-order valence-corrected chi connectivity index (χ3v) is 8.03. The molecule has 0 amide bonds. The number of aromatic nitrogens is 2. The Morgan fingerprint density at radius 2 is 1.55 bits per heavy atom. The number of anilines is 1. The lowest BCUT2D eigenvalue weighted by molar-refractivity contribution is 0.569. The highest BCUT2D eigenvalue weighted by atomic mass is 15.1. The van der Waals surface area contributed by atoms with Crippen LogP contribution in [0.15, 0.2) is 48.5 Å². The van der Waals surface area contributed by atoms with Crippen molar-refractivity contribution in [2.24, 2.45) is 0 Å². The number of nitrogens with one attached hydrogen (secondary N) is 1. The van der Waals surface area contributed by atoms with Crippen molar-refractivity contribution in [2.75, 3.05) is 5.32 Å². The SMILES string of the molecule is CCCCn1c(C2=CCCc3ccccc32)nc2c1=CCCC=2Nc1cc(C(C)(C)C)cc(C(C)(C)C)c1. The van der Waals surface area contributed by atoms with Gasteiger partial charge in [0.15, 0.2) is 0 Å². The van der Waals surface area contributed by atoms with Crippen molar-refractivity contribution < 1.29 is 0 Å². The third-order valence-electron chi connectivity index (χ3n) is 8.03. The van der Waals surface area contributed by atoms with Crippen LogP contribution in [0.25, 0.3) is 17.3 Å². The lowest BCUT2D eigenvalue weighted by Crippen LogP contribution is -2.36. The fourth-order valence-corrected chi connectivity index (χ4v) is 5.67. The Morgan fingerprint density at radius 3 is 2.24 bits per heavy atom. The van der Waals surface area contributed by atoms with Crippen LogP contribution in [0.5, 0.6) is 0 Å². The molecule has 0 aliphatic heterocycles. The van der Waals surface area contributed by atoms with Crippen molar-refractivity contribution in [2.45, 2.75) is 104 Å². The van der Waals surface area contributed by atoms with Crippen molar-refractivity contribution in [1.29, 1.82) is 0 Å². The normalized spacial score (nSPS) is 15.4. The minimum atomic E-state index is 0.0869. The predicted octanol–water partition coefficient (Wildman–Crippen LogP) is 7.45. The van der Waals surface area contributed by atoms with Crippen molar-refractivity contribution in [3.63, 3.8) is 0 Å². The Labute approximate surface area is 229 Å². The van der Waals surface area contributed by atoms with E-state index < -0.39 is 0 Å². The molecular weight excluding hydrogens is 462 g/mol. The van der Waals surface area contributed by atoms with E-state index in [1.54, 1.807) is 0 Å². The van der Waals surface area contributed by atoms with E-state index in [0.29, 0.717) is 0 Å². The largest absolute Gasteiger partial charge is 0.357 e. The summed E-state index contributed by atoms with van der Waals surface area (Å²) in [6.07, 6.45) is 11.4. The predicted molar refractivity (Wildman–Crippen MR) is 163 cm³/mol. The fraction of sp³-hybridized carbons (Fsp3) is 0.457. The van der Waals surface area contributed by atoms with E-state index in [1.807, 2.05) is 0 Å². The first-order chi connectivity index (χ1) is 18.1. The van der Waals surface area contributed by atoms with E-state index in [1.165, 1.54) is 51.0 Å². The molecule has 0 spiro atoms. The van der Waals surface area contributed by atoms with Gasteiger partial charge < -0.3 is 9.88 Å². The number of allylic oxidation sites excluding steroid dienone is 1. The highest BCUT2D eigenvalue weighted by Gasteiger charge is 2.23. The Morgan fingerprint density at radius 1 is 0.868 bits per heavy atom. The Kier molecular flexibility index (Phi) is 7.15. The Balaban J connectivity index is 1.66. The van der Waals surface area contributed by atoms with Gasteiger partial charge in [-0.1, -0.05) is 97.4 Å². The van der Waals surface area contributed by atoms with Gasteiger partial charge in [0.05, 0.1) is 5.35 Å². The number of nitrogens with zero attached hydrogens (tertiary/aromatic N) is 2. The zero-order chi connectivity index (χ0) is 27.1. The summed E-state index contributed by atoms with van der Waals surface area (Å²) in [7, 11) is 0. The first-order valence-electron chi connectivity index (χ1n) is 14.6. The molecule has 2 aliphatic rings. The molecule has 1 heterocycles. The number of hydrogen-bond donors (Lipinski definition) is 1. The quantitative estimate of drug-likeness (QED) is 0.375. The molecule has 3 nitrogen and oxygen atoms in total. The molecule has 200 valence electrons. The molecule has 2 aromatic carbocycles. The number of hydrogen-bond acceptors (Lipinski definition) is 2. The van der Waals surface area contributed by atoms with Gasteiger partial charge in [-0.3, -0.25) is 0 Å². The standard InChI is InChI=1S/C35H45N3/c1-8-9-20-38-31-19-13-18-30(36-27-22-25(34(2,3)4)21-26(23-27)35(5,6)7)32(31)37-33(38)29-17-12-15-24-14-10-11-16-28(24)29/h10-11,14,16-17,19,21-23,36H,8-9,12-13,15,18,20H2,1-7H3. The van der Waals surface area contributed by atoms with E-state index in [4.69, 9.17) is 4.98 Å². The lowest BCUT2D eigenvalue weighted by Gasteiger charge is -2.27. The monoisotopic (exact) mass is 507 g/mol. The molecule has 3 aromatic rings. The number of unbranched alkanes of at least 4 members (excludes halogenated alkanes) is 1. The molecule has 0 unspecified atom stereocenters. The van der Waals surface area contributed by atoms with Crippen LogP contribution < -0.4 is 16.0 Å². The molecule has 5 rings (SSSR count). The number of imidazole rings is 1. The van der Waals surface area contributed by atoms with Gasteiger partial charge in [-0.25, -0.2) is 4.98 Å². The van der Waals surface area contributed by atoms with Crippen LogP contribution >= 0.6 is 0 Å². The maximum absolute atomic E-state index is 5.41. The number of fused-ring (bicyclic) bond motifs is 2. The Hall–Kier alpha value is -3.07. The van der Waals surface area contributed by atoms with Gasteiger partial charge in [0.1, 0.15) is 11.2 Å². The average molecular weight is 508 g/mol. The van der Waals surface area contributed by atoms with E-state index >= 15 is 0 Å². The highest BCUT2D eigenvalue weighted by molar-refractivity contribution is 5.80. The van der Waals surface area contributed by atoms with E-state index in [-0.39, 0.29) is 10.8 Å². The summed E-state index contributed by atoms with van der Waals surface area (Å²) in [6, 6.07) is 16.0. The van der Waals surface area contributed by atoms with Gasteiger partial charge >= 0.3 is 0 Å². The van der Waals surface area contributed by atoms with Gasteiger partial charge in [-0.15, -0.1) is 0 Å². The third kappa shape index (κ3) is 5.25. The second kappa shape index (κ2) is 10.2. The maximum Gasteiger partial charge on any atom is 0.141 e. The fourth-order valence-electron chi connectivity index (χ4n) is 5.67. The molecule has 1 N–H and O–H groups in total. The summed E-state index contributed by atoms with van der Waals surface area (Å²) in [5.41, 5.74) is 9.42. The van der Waals surface area contributed by atoms with Crippen molar-refractivity contribution in [3.05, 3.63) is 87.3 Å². The van der Waals surface area contributed by atoms with Gasteiger partial charge in [-0.05, 0) is 77.3 Å². The molecule has 0 bridgehead atoms. The first-order valence-corrected chi connectivity index (χ1v) is 14.6. The van der Waals surface area contributed by atoms with Crippen LogP contribution in [0.4, 0.5) is 5.69 Å². The molecule has 0 atom stereocenters. The molecule has 0 fully saturated rings. The summed E-state index contributed by atoms with van der Waals surface area (Å²) in [5.74, 6) is 1.13. The minimum Gasteiger partial charge on any atom is -0.357 e. The van der Waals surface area contributed by atoms with Crippen LogP contribution in [0.3, 0.4) is 0 Å². The summed E-state index contributed by atoms with van der Waals surface area (Å²) in [5, 5.41) is 6.30. The average Bonchev–Trinajstić information content (AvgIpc) is 3.25. The van der Waals surface area contributed by atoms with Crippen LogP contribution in [-0.2, 0) is 23.8 Å². The van der Waals surface area contributed by atoms with Crippen LogP contribution in [0.1, 0.15) is 109 Å². The highest BCUT2D eigenvalue weighted by Crippen LogP contribution is 2.33. The molecule has 0 saturated carbocycles. The van der Waals surface area contributed by atoms with E-state index in [0.717, 1.165) is 49.8 Å². The van der Waals surface area contributed by atoms with Crippen LogP contribution in [0, 0.1) is 0 Å². The molecule has 0 saturated heterocycles. The van der Waals surface area contributed by atoms with Gasteiger partial charge in [-0.2, -0.15) is 0 Å². The second-order valence-corrected chi connectivity index (χ2v) is 13.1. The van der Waals surface area contributed by atoms with Gasteiger partial charge in [0.25, 0.3) is 0 Å². The first kappa shape index (κ1) is 26.5. The smallest absolute Gasteiger partial charge is 0.141 e. The van der Waals surface area contributed by atoms with E-state index in [2.05, 4.69) is 113 Å². The topological polar surface area (TPSA) is 29.9 Å². The summed E-state index contributed by atoms with van der Waals surface area (Å²) in [4.78, 5) is 5.41. The minimum absolute atomic E-state index is 0.0869. The van der Waals surface area contributed by atoms with Crippen LogP contribution in [-0.4, -0.2) is 9.55 Å². The maximum atomic E-state index is 5.41. The summed E-state index contributed by atoms with van der Waals surface area (Å²) in [6.45, 7) is 17.1. The Bertz CT molecular complexity index is 1450. The molecule has 38 heavy (non-hydrogen) atoms. The van der Waals surface area contributed by atoms with E-state index in [9.17, 15) is 0 Å². The number of rotatable bonds is 6. The van der Waals surface area contributed by atoms with Crippen molar-refractivity contribution in [1.82, 2.24) is 9.55 Å². The zero-order valence-corrected chi connectivity index (χ0v) is 24.5. The molecule has 3 heteroatoms. The molecule has 2 aliphatic carbocycles. The van der Waals surface area contributed by atoms with Crippen molar-refractivity contribution >= 4 is 23.0 Å². The van der Waals surface area contributed by atoms with Gasteiger partial charge in [0, 0.05) is 23.5 Å². The number of benzene rings is 2. The number of aryl methyl sites for hydroxylation is 1. The summed E-state index contributed by atoms with van der Waals surface area (Å²) >= 11 is 0. The summed E-state index contributed by atoms with van der Waals surface area (Å²) < 4.78 is 2.50. The lowest BCUT2D eigenvalue weighted by atomic mass is 9.80. The van der Waals surface area contributed by atoms with Gasteiger partial charge in [0.2, 0.25) is 0 Å². The molecular formula is C35H45N3.